The topological polar surface area (TPSA) is 176 Å². The van der Waals surface area contributed by atoms with E-state index in [4.69, 9.17) is 51.2 Å². The lowest BCUT2D eigenvalue weighted by atomic mass is 9.44. The molecule has 0 unspecified atom stereocenters. The smallest absolute Gasteiger partial charge is 0.338 e. The van der Waals surface area contributed by atoms with E-state index in [-0.39, 0.29) is 36.1 Å². The minimum atomic E-state index is -2.49. The molecule has 2 aliphatic heterocycles. The molecule has 84 heavy (non-hydrogen) atoms. The van der Waals surface area contributed by atoms with Gasteiger partial charge in [-0.3, -0.25) is 4.79 Å². The summed E-state index contributed by atoms with van der Waals surface area (Å²) < 4.78 is 76.3. The fraction of sp³-hybridized carbons (Fsp3) is 0.879. The van der Waals surface area contributed by atoms with E-state index in [9.17, 15) is 19.8 Å². The minimum absolute atomic E-state index is 0.0362. The van der Waals surface area contributed by atoms with Gasteiger partial charge in [0.25, 0.3) is 0 Å². The Morgan fingerprint density at radius 2 is 1.20 bits per heavy atom. The number of carbonyl (C=O) groups excluding carboxylic acids is 2. The molecular formula is C66H114O15Si3. The maximum absolute atomic E-state index is 14.8. The van der Waals surface area contributed by atoms with Gasteiger partial charge >= 0.3 is 11.9 Å². The van der Waals surface area contributed by atoms with Gasteiger partial charge in [0, 0.05) is 30.8 Å². The summed E-state index contributed by atoms with van der Waals surface area (Å²) in [6.07, 6.45) is -1.04. The summed E-state index contributed by atoms with van der Waals surface area (Å²) in [5.41, 5.74) is -1.38. The molecule has 7 fully saturated rings. The third kappa shape index (κ3) is 12.3. The monoisotopic (exact) mass is 1230 g/mol. The second-order valence-corrected chi connectivity index (χ2v) is 42.2. The first-order valence-corrected chi connectivity index (χ1v) is 41.1. The predicted molar refractivity (Wildman–Crippen MR) is 333 cm³/mol. The van der Waals surface area contributed by atoms with Gasteiger partial charge in [-0.25, -0.2) is 4.79 Å². The van der Waals surface area contributed by atoms with Crippen LogP contribution in [-0.4, -0.2) is 148 Å². The van der Waals surface area contributed by atoms with Crippen molar-refractivity contribution in [2.75, 3.05) is 27.4 Å². The first-order valence-electron chi connectivity index (χ1n) is 33.5. The van der Waals surface area contributed by atoms with Gasteiger partial charge in [-0.1, -0.05) is 96.9 Å². The molecule has 20 atom stereocenters. The van der Waals surface area contributed by atoms with Gasteiger partial charge in [0.15, 0.2) is 49.7 Å². The molecule has 1 aromatic rings. The molecule has 2 heterocycles. The molecule has 7 aliphatic rings. The summed E-state index contributed by atoms with van der Waals surface area (Å²) in [6, 6.07) is 14.5. The Bertz CT molecular complexity index is 2290. The molecule has 1 spiro atoms. The number of benzene rings is 1. The van der Waals surface area contributed by atoms with Crippen molar-refractivity contribution in [1.29, 1.82) is 0 Å². The Morgan fingerprint density at radius 3 is 1.73 bits per heavy atom. The second kappa shape index (κ2) is 27.4. The molecule has 8 rings (SSSR count). The fourth-order valence-electron chi connectivity index (χ4n) is 18.5. The third-order valence-electron chi connectivity index (χ3n) is 24.6. The average molecular weight is 1230 g/mol. The number of hydrogen-bond donors (Lipinski definition) is 2. The Balaban J connectivity index is 1.18. The number of carbonyl (C=O) groups is 2. The zero-order valence-electron chi connectivity index (χ0n) is 55.0. The standard InChI is InChI=1S/C66H114O15Si3/c1-18-82(19-2,20-3)79-52-40-73-61(76-51(32-27-42(10)11)43(12)66(70)54(68)38-50-48-37-55(72-17)65-39-46(65)33-35-63(65,14)49(48)34-36-64(50,66)15)58(75-44(13)67)56(52)78-62-59(77-60(69)45-28-30-47(71-16)31-29-45)57(81-84(24-7,25-8)26-9)53(41-74-62)80-83(21-4,22-5)23-6/h28-31,42-43,46,48-59,61-62,68,70H,18-27,32-41H2,1-17H3/t43-,46-,48-,49+,50+,51+,52+,53-,54+,55-,56+,57+,58-,59-,61+,62+,63-,64+,65+,66-/m1/s1. The largest absolute Gasteiger partial charge is 0.497 e. The molecule has 15 nitrogen and oxygen atoms in total. The third-order valence-corrected chi connectivity index (χ3v) is 38.6. The number of methoxy groups -OCH3 is 2. The van der Waals surface area contributed by atoms with Crippen LogP contribution in [0.2, 0.25) is 54.4 Å². The number of ether oxygens (including phenoxy) is 8. The van der Waals surface area contributed by atoms with Crippen LogP contribution in [0.1, 0.15) is 172 Å². The molecule has 2 saturated heterocycles. The lowest BCUT2D eigenvalue weighted by Crippen LogP contribution is -2.66. The Morgan fingerprint density at radius 1 is 0.667 bits per heavy atom. The van der Waals surface area contributed by atoms with E-state index < -0.39 is 115 Å². The Hall–Kier alpha value is -1.79. The van der Waals surface area contributed by atoms with E-state index in [1.807, 2.05) is 7.11 Å². The maximum atomic E-state index is 14.8. The molecule has 480 valence electrons. The Labute approximate surface area is 509 Å². The zero-order valence-corrected chi connectivity index (χ0v) is 58.0. The summed E-state index contributed by atoms with van der Waals surface area (Å²) in [5, 5.41) is 26.5. The molecule has 5 saturated carbocycles. The van der Waals surface area contributed by atoms with Crippen LogP contribution in [0.15, 0.2) is 24.3 Å². The number of fused-ring (bicyclic) bond motifs is 4. The Kier molecular flexibility index (Phi) is 22.2. The highest BCUT2D eigenvalue weighted by Crippen LogP contribution is 2.82. The lowest BCUT2D eigenvalue weighted by Gasteiger charge is -2.62. The molecule has 0 amide bonds. The summed E-state index contributed by atoms with van der Waals surface area (Å²) in [6.45, 7) is 32.4. The lowest BCUT2D eigenvalue weighted by molar-refractivity contribution is -0.340. The molecule has 0 bridgehead atoms. The number of aliphatic hydroxyl groups excluding tert-OH is 1. The molecule has 2 N–H and O–H groups in total. The van der Waals surface area contributed by atoms with Gasteiger partial charge in [0.05, 0.1) is 56.4 Å². The van der Waals surface area contributed by atoms with E-state index >= 15 is 0 Å². The van der Waals surface area contributed by atoms with Crippen LogP contribution in [0.4, 0.5) is 0 Å². The van der Waals surface area contributed by atoms with Crippen molar-refractivity contribution in [3.8, 4) is 5.75 Å². The van der Waals surface area contributed by atoms with Crippen LogP contribution in [0, 0.1) is 51.8 Å². The number of hydrogen-bond acceptors (Lipinski definition) is 15. The first kappa shape index (κ1) is 68.1. The van der Waals surface area contributed by atoms with Gasteiger partial charge in [0.1, 0.15) is 23.6 Å². The van der Waals surface area contributed by atoms with E-state index in [0.29, 0.717) is 41.9 Å². The highest BCUT2D eigenvalue weighted by atomic mass is 28.4. The summed E-state index contributed by atoms with van der Waals surface area (Å²) in [4.78, 5) is 28.6. The SMILES string of the molecule is CC[Si](CC)(CC)O[C@@H]1[C@@H](OC(=O)c2ccc(OC)cc2)[C@H](O[C@@H]2[C@@H](OC(C)=O)[C@H](O[C@@H](CCC(C)C)[C@@H](C)[C@@]3(O)[C@@H](O)C[C@H]4[C@@H]5C[C@@H](OC)[C@]67C[C@H]6CC[C@]7(C)[C@H]5CC[C@@]43C)OC[C@@H]2O[Si](CC)(CC)CC)OC[C@H]1O[Si](CC)(CC)CC. The van der Waals surface area contributed by atoms with Crippen molar-refractivity contribution >= 4 is 36.9 Å². The van der Waals surface area contributed by atoms with E-state index in [2.05, 4.69) is 96.9 Å². The minimum Gasteiger partial charge on any atom is -0.497 e. The zero-order chi connectivity index (χ0) is 61.4. The van der Waals surface area contributed by atoms with Crippen LogP contribution < -0.4 is 4.74 Å². The molecule has 0 aromatic heterocycles. The highest BCUT2D eigenvalue weighted by molar-refractivity contribution is 6.74. The van der Waals surface area contributed by atoms with Crippen molar-refractivity contribution in [2.45, 2.75) is 289 Å². The van der Waals surface area contributed by atoms with Crippen LogP contribution in [-0.2, 0) is 51.2 Å². The van der Waals surface area contributed by atoms with Gasteiger partial charge in [-0.15, -0.1) is 0 Å². The van der Waals surface area contributed by atoms with Gasteiger partial charge in [-0.2, -0.15) is 0 Å². The molecule has 18 heteroatoms. The van der Waals surface area contributed by atoms with Crippen LogP contribution in [0.5, 0.6) is 5.75 Å². The van der Waals surface area contributed by atoms with E-state index in [1.165, 1.54) is 26.2 Å². The fourth-order valence-corrected chi connectivity index (χ4v) is 27.1. The van der Waals surface area contributed by atoms with Gasteiger partial charge in [0.2, 0.25) is 0 Å². The molecule has 5 aliphatic carbocycles. The summed E-state index contributed by atoms with van der Waals surface area (Å²) in [7, 11) is -3.79. The van der Waals surface area contributed by atoms with Crippen molar-refractivity contribution < 1.29 is 71.0 Å². The normalized spacial score (nSPS) is 38.3. The molecular weight excluding hydrogens is 1120 g/mol. The highest BCUT2D eigenvalue weighted by Gasteiger charge is 2.79. The number of esters is 2. The molecule has 0 radical (unpaired) electrons. The summed E-state index contributed by atoms with van der Waals surface area (Å²) >= 11 is 0. The first-order chi connectivity index (χ1) is 39.9. The van der Waals surface area contributed by atoms with E-state index in [1.54, 1.807) is 31.4 Å². The van der Waals surface area contributed by atoms with Crippen molar-refractivity contribution in [3.63, 3.8) is 0 Å². The quantitative estimate of drug-likeness (QED) is 0.0572. The predicted octanol–water partition coefficient (Wildman–Crippen LogP) is 13.2. The van der Waals surface area contributed by atoms with E-state index in [0.717, 1.165) is 86.0 Å². The molecule has 1 aromatic carbocycles. The number of rotatable bonds is 29. The van der Waals surface area contributed by atoms with Crippen molar-refractivity contribution in [2.24, 2.45) is 51.8 Å². The van der Waals surface area contributed by atoms with Crippen LogP contribution in [0.25, 0.3) is 0 Å². The van der Waals surface area contributed by atoms with Crippen LogP contribution >= 0.6 is 0 Å². The van der Waals surface area contributed by atoms with Crippen LogP contribution in [0.3, 0.4) is 0 Å². The number of aliphatic hydroxyl groups is 2. The summed E-state index contributed by atoms with van der Waals surface area (Å²) in [5.74, 6) is 0.840. The van der Waals surface area contributed by atoms with Crippen molar-refractivity contribution in [3.05, 3.63) is 29.8 Å². The van der Waals surface area contributed by atoms with Gasteiger partial charge in [-0.05, 0) is 171 Å². The van der Waals surface area contributed by atoms with Crippen molar-refractivity contribution in [1.82, 2.24) is 0 Å². The second-order valence-electron chi connectivity index (χ2n) is 28.0. The maximum Gasteiger partial charge on any atom is 0.338 e. The van der Waals surface area contributed by atoms with Gasteiger partial charge < -0.3 is 61.4 Å². The average Bonchev–Trinajstić information content (AvgIpc) is 1.49.